The number of nitrogens with zero attached hydrogens (tertiary/aromatic N) is 1. The number of urea groups is 1. The standard InChI is InChI=1S/C17H23N3O3S/c1-13(9-10-15-7-5-11-20(15)2)18-17(21)19-14-6-4-8-16(12-14)24(3,22)23/h4-8,11-13H,9-10H2,1-3H3,(H2,18,19,21)/t13-/m0/s1. The van der Waals surface area contributed by atoms with Gasteiger partial charge in [-0.2, -0.15) is 0 Å². The summed E-state index contributed by atoms with van der Waals surface area (Å²) >= 11 is 0. The van der Waals surface area contributed by atoms with Crippen molar-refractivity contribution in [3.63, 3.8) is 0 Å². The molecule has 7 heteroatoms. The van der Waals surface area contributed by atoms with Crippen LogP contribution in [0, 0.1) is 0 Å². The summed E-state index contributed by atoms with van der Waals surface area (Å²) in [6.45, 7) is 1.94. The minimum absolute atomic E-state index is 0.00186. The second-order valence-electron chi connectivity index (χ2n) is 5.95. The summed E-state index contributed by atoms with van der Waals surface area (Å²) in [6, 6.07) is 9.91. The molecule has 130 valence electrons. The molecule has 1 aromatic heterocycles. The molecule has 0 aliphatic rings. The molecule has 2 N–H and O–H groups in total. The minimum Gasteiger partial charge on any atom is -0.354 e. The number of anilines is 1. The smallest absolute Gasteiger partial charge is 0.319 e. The highest BCUT2D eigenvalue weighted by atomic mass is 32.2. The van der Waals surface area contributed by atoms with Crippen LogP contribution in [0.2, 0.25) is 0 Å². The van der Waals surface area contributed by atoms with Gasteiger partial charge in [-0.3, -0.25) is 0 Å². The predicted molar refractivity (Wildman–Crippen MR) is 94.9 cm³/mol. The molecule has 24 heavy (non-hydrogen) atoms. The third-order valence-corrected chi connectivity index (χ3v) is 4.89. The molecule has 1 atom stereocenters. The van der Waals surface area contributed by atoms with Crippen molar-refractivity contribution in [2.75, 3.05) is 11.6 Å². The number of rotatable bonds is 6. The lowest BCUT2D eigenvalue weighted by molar-refractivity contribution is 0.248. The number of benzene rings is 1. The fourth-order valence-corrected chi connectivity index (χ4v) is 3.06. The van der Waals surface area contributed by atoms with Crippen molar-refractivity contribution in [1.29, 1.82) is 0 Å². The fourth-order valence-electron chi connectivity index (χ4n) is 2.39. The fraction of sp³-hybridized carbons (Fsp3) is 0.353. The van der Waals surface area contributed by atoms with E-state index in [0.717, 1.165) is 19.1 Å². The van der Waals surface area contributed by atoms with E-state index >= 15 is 0 Å². The van der Waals surface area contributed by atoms with Gasteiger partial charge in [0.25, 0.3) is 0 Å². The lowest BCUT2D eigenvalue weighted by Gasteiger charge is -2.15. The number of aryl methyl sites for hydroxylation is 2. The Hall–Kier alpha value is -2.28. The summed E-state index contributed by atoms with van der Waals surface area (Å²) < 4.78 is 25.1. The van der Waals surface area contributed by atoms with E-state index in [1.54, 1.807) is 12.1 Å². The Morgan fingerprint density at radius 1 is 1.25 bits per heavy atom. The molecule has 2 aromatic rings. The molecule has 0 bridgehead atoms. The van der Waals surface area contributed by atoms with Gasteiger partial charge in [0.2, 0.25) is 0 Å². The lowest BCUT2D eigenvalue weighted by atomic mass is 10.1. The van der Waals surface area contributed by atoms with Crippen molar-refractivity contribution >= 4 is 21.6 Å². The highest BCUT2D eigenvalue weighted by Gasteiger charge is 2.11. The van der Waals surface area contributed by atoms with Crippen LogP contribution in [0.4, 0.5) is 10.5 Å². The summed E-state index contributed by atoms with van der Waals surface area (Å²) in [5.41, 5.74) is 1.66. The average molecular weight is 349 g/mol. The van der Waals surface area contributed by atoms with E-state index in [2.05, 4.69) is 21.3 Å². The largest absolute Gasteiger partial charge is 0.354 e. The van der Waals surface area contributed by atoms with E-state index in [1.165, 1.54) is 17.8 Å². The highest BCUT2D eigenvalue weighted by Crippen LogP contribution is 2.15. The van der Waals surface area contributed by atoms with Crippen molar-refractivity contribution < 1.29 is 13.2 Å². The molecule has 0 saturated carbocycles. The molecule has 6 nitrogen and oxygen atoms in total. The number of hydrogen-bond donors (Lipinski definition) is 2. The first-order chi connectivity index (χ1) is 11.3. The number of nitrogens with one attached hydrogen (secondary N) is 2. The van der Waals surface area contributed by atoms with Crippen molar-refractivity contribution in [1.82, 2.24) is 9.88 Å². The van der Waals surface area contributed by atoms with Crippen molar-refractivity contribution in [3.05, 3.63) is 48.3 Å². The van der Waals surface area contributed by atoms with E-state index in [1.807, 2.05) is 26.2 Å². The minimum atomic E-state index is -3.30. The number of carbonyl (C=O) groups excluding carboxylic acids is 1. The first kappa shape index (κ1) is 18.1. The normalized spacial score (nSPS) is 12.6. The summed E-state index contributed by atoms with van der Waals surface area (Å²) in [5.74, 6) is 0. The van der Waals surface area contributed by atoms with Crippen molar-refractivity contribution in [2.45, 2.75) is 30.7 Å². The zero-order chi connectivity index (χ0) is 17.7. The van der Waals surface area contributed by atoms with Crippen molar-refractivity contribution in [3.8, 4) is 0 Å². The Labute approximate surface area is 142 Å². The number of amides is 2. The van der Waals surface area contributed by atoms with Gasteiger partial charge in [-0.25, -0.2) is 13.2 Å². The maximum Gasteiger partial charge on any atom is 0.319 e. The molecule has 2 rings (SSSR count). The number of carbonyl (C=O) groups is 1. The Balaban J connectivity index is 1.87. The zero-order valence-electron chi connectivity index (χ0n) is 14.1. The third-order valence-electron chi connectivity index (χ3n) is 3.78. The summed E-state index contributed by atoms with van der Waals surface area (Å²) in [6.07, 6.45) is 4.82. The second kappa shape index (κ2) is 7.53. The van der Waals surface area contributed by atoms with Gasteiger partial charge in [0.05, 0.1) is 4.90 Å². The topological polar surface area (TPSA) is 80.2 Å². The van der Waals surface area contributed by atoms with Crippen LogP contribution in [0.15, 0.2) is 47.5 Å². The van der Waals surface area contributed by atoms with Gasteiger partial charge < -0.3 is 15.2 Å². The van der Waals surface area contributed by atoms with Gasteiger partial charge in [-0.05, 0) is 50.1 Å². The number of hydrogen-bond acceptors (Lipinski definition) is 3. The van der Waals surface area contributed by atoms with Crippen LogP contribution in [0.3, 0.4) is 0 Å². The molecule has 0 unspecified atom stereocenters. The van der Waals surface area contributed by atoms with Crippen LogP contribution >= 0.6 is 0 Å². The molecule has 0 aliphatic heterocycles. The van der Waals surface area contributed by atoms with E-state index in [0.29, 0.717) is 5.69 Å². The van der Waals surface area contributed by atoms with E-state index in [4.69, 9.17) is 0 Å². The van der Waals surface area contributed by atoms with Crippen LogP contribution in [0.1, 0.15) is 19.0 Å². The molecule has 0 saturated heterocycles. The maximum absolute atomic E-state index is 12.0. The van der Waals surface area contributed by atoms with Gasteiger partial charge in [0.1, 0.15) is 0 Å². The molecule has 0 spiro atoms. The molecule has 2 amide bonds. The second-order valence-corrected chi connectivity index (χ2v) is 7.96. The van der Waals surface area contributed by atoms with Gasteiger partial charge in [0.15, 0.2) is 9.84 Å². The SMILES string of the molecule is C[C@@H](CCc1cccn1C)NC(=O)Nc1cccc(S(C)(=O)=O)c1. The molecular weight excluding hydrogens is 326 g/mol. The van der Waals surface area contributed by atoms with Crippen LogP contribution in [0.5, 0.6) is 0 Å². The number of sulfone groups is 1. The Kier molecular flexibility index (Phi) is 5.66. The van der Waals surface area contributed by atoms with E-state index in [9.17, 15) is 13.2 Å². The molecule has 1 heterocycles. The van der Waals surface area contributed by atoms with Gasteiger partial charge in [-0.15, -0.1) is 0 Å². The monoisotopic (exact) mass is 349 g/mol. The lowest BCUT2D eigenvalue weighted by Crippen LogP contribution is -2.36. The Bertz CT molecular complexity index is 812. The van der Waals surface area contributed by atoms with Crippen LogP contribution < -0.4 is 10.6 Å². The van der Waals surface area contributed by atoms with E-state index < -0.39 is 9.84 Å². The van der Waals surface area contributed by atoms with Crippen LogP contribution in [-0.2, 0) is 23.3 Å². The first-order valence-electron chi connectivity index (χ1n) is 7.73. The van der Waals surface area contributed by atoms with Gasteiger partial charge in [0, 0.05) is 36.9 Å². The third kappa shape index (κ3) is 5.13. The van der Waals surface area contributed by atoms with E-state index in [-0.39, 0.29) is 17.0 Å². The maximum atomic E-state index is 12.0. The van der Waals surface area contributed by atoms with Gasteiger partial charge in [-0.1, -0.05) is 6.07 Å². The molecule has 1 aromatic carbocycles. The first-order valence-corrected chi connectivity index (χ1v) is 9.62. The quantitative estimate of drug-likeness (QED) is 0.841. The summed E-state index contributed by atoms with van der Waals surface area (Å²) in [7, 11) is -1.30. The number of aromatic nitrogens is 1. The molecule has 0 aliphatic carbocycles. The average Bonchev–Trinajstić information content (AvgIpc) is 2.89. The molecule has 0 fully saturated rings. The summed E-state index contributed by atoms with van der Waals surface area (Å²) in [4.78, 5) is 12.2. The van der Waals surface area contributed by atoms with Gasteiger partial charge >= 0.3 is 6.03 Å². The molecule has 0 radical (unpaired) electrons. The van der Waals surface area contributed by atoms with Crippen molar-refractivity contribution in [2.24, 2.45) is 7.05 Å². The Morgan fingerprint density at radius 3 is 2.62 bits per heavy atom. The van der Waals surface area contributed by atoms with Crippen LogP contribution in [-0.4, -0.2) is 31.3 Å². The predicted octanol–water partition coefficient (Wildman–Crippen LogP) is 2.57. The Morgan fingerprint density at radius 2 is 2.00 bits per heavy atom. The summed E-state index contributed by atoms with van der Waals surface area (Å²) in [5, 5.41) is 5.53. The zero-order valence-corrected chi connectivity index (χ0v) is 14.9. The molecular formula is C17H23N3O3S. The van der Waals surface area contributed by atoms with Crippen LogP contribution in [0.25, 0.3) is 0 Å². The highest BCUT2D eigenvalue weighted by molar-refractivity contribution is 7.90.